The highest BCUT2D eigenvalue weighted by molar-refractivity contribution is 7.89. The number of amides is 1. The SMILES string of the molecule is O=C(N/N=C\c1cccc(C(F)(F)F)c1)[C@H]1CN(S(=O)(=O)c2ccccc2)CCN1S(=O)(=O)c1ccccc1. The summed E-state index contributed by atoms with van der Waals surface area (Å²) in [6.45, 7) is -1.03. The van der Waals surface area contributed by atoms with Crippen molar-refractivity contribution in [1.82, 2.24) is 14.0 Å². The fourth-order valence-electron chi connectivity index (χ4n) is 3.97. The van der Waals surface area contributed by atoms with Crippen molar-refractivity contribution in [3.8, 4) is 0 Å². The van der Waals surface area contributed by atoms with E-state index in [0.717, 1.165) is 27.0 Å². The largest absolute Gasteiger partial charge is 0.416 e. The zero-order valence-corrected chi connectivity index (χ0v) is 21.8. The first kappa shape index (κ1) is 28.4. The van der Waals surface area contributed by atoms with Gasteiger partial charge in [-0.15, -0.1) is 0 Å². The van der Waals surface area contributed by atoms with Gasteiger partial charge < -0.3 is 0 Å². The summed E-state index contributed by atoms with van der Waals surface area (Å²) in [5.74, 6) is -0.953. The van der Waals surface area contributed by atoms with Gasteiger partial charge in [-0.2, -0.15) is 26.9 Å². The van der Waals surface area contributed by atoms with Crippen LogP contribution in [-0.4, -0.2) is 63.2 Å². The standard InChI is InChI=1S/C25H23F3N4O5S2/c26-25(27,28)20-9-7-8-19(16-20)17-29-30-24(33)23-18-31(38(34,35)21-10-3-1-4-11-21)14-15-32(23)39(36,37)22-12-5-2-6-13-22/h1-13,16-17,23H,14-15,18H2,(H,30,33)/b29-17-/t23-/m1/s1. The Morgan fingerprint density at radius 2 is 1.44 bits per heavy atom. The molecule has 14 heteroatoms. The lowest BCUT2D eigenvalue weighted by molar-refractivity contribution is -0.137. The first-order valence-electron chi connectivity index (χ1n) is 11.5. The van der Waals surface area contributed by atoms with Crippen molar-refractivity contribution in [3.63, 3.8) is 0 Å². The first-order valence-corrected chi connectivity index (χ1v) is 14.4. The van der Waals surface area contributed by atoms with Crippen LogP contribution >= 0.6 is 0 Å². The highest BCUT2D eigenvalue weighted by Gasteiger charge is 2.43. The number of sulfonamides is 2. The zero-order valence-electron chi connectivity index (χ0n) is 20.2. The fraction of sp³-hybridized carbons (Fsp3) is 0.200. The van der Waals surface area contributed by atoms with Crippen molar-refractivity contribution in [1.29, 1.82) is 0 Å². The van der Waals surface area contributed by atoms with Crippen LogP contribution < -0.4 is 5.43 Å². The molecule has 1 aliphatic rings. The number of alkyl halides is 3. The number of piperazine rings is 1. The molecule has 1 N–H and O–H groups in total. The third-order valence-corrected chi connectivity index (χ3v) is 9.73. The molecular weight excluding hydrogens is 557 g/mol. The van der Waals surface area contributed by atoms with Gasteiger partial charge in [0.1, 0.15) is 6.04 Å². The zero-order chi connectivity index (χ0) is 28.3. The molecule has 0 radical (unpaired) electrons. The van der Waals surface area contributed by atoms with E-state index >= 15 is 0 Å². The van der Waals surface area contributed by atoms with Crippen LogP contribution in [-0.2, 0) is 31.0 Å². The molecule has 0 saturated carbocycles. The van der Waals surface area contributed by atoms with Crippen LogP contribution in [0.1, 0.15) is 11.1 Å². The van der Waals surface area contributed by atoms with Crippen molar-refractivity contribution in [2.75, 3.05) is 19.6 Å². The van der Waals surface area contributed by atoms with Gasteiger partial charge >= 0.3 is 6.18 Å². The molecule has 0 spiro atoms. The normalized spacial score (nSPS) is 17.8. The van der Waals surface area contributed by atoms with Crippen LogP contribution in [0, 0.1) is 0 Å². The van der Waals surface area contributed by atoms with Crippen molar-refractivity contribution < 1.29 is 34.8 Å². The van der Waals surface area contributed by atoms with Crippen molar-refractivity contribution in [2.45, 2.75) is 22.0 Å². The lowest BCUT2D eigenvalue weighted by Gasteiger charge is -2.38. The van der Waals surface area contributed by atoms with Gasteiger partial charge in [-0.05, 0) is 42.0 Å². The summed E-state index contributed by atoms with van der Waals surface area (Å²) in [4.78, 5) is 13.1. The van der Waals surface area contributed by atoms with E-state index < -0.39 is 50.3 Å². The van der Waals surface area contributed by atoms with Gasteiger partial charge in [0, 0.05) is 19.6 Å². The summed E-state index contributed by atoms with van der Waals surface area (Å²) < 4.78 is 94.0. The molecule has 206 valence electrons. The molecule has 9 nitrogen and oxygen atoms in total. The van der Waals surface area contributed by atoms with Gasteiger partial charge in [0.15, 0.2) is 0 Å². The Balaban J connectivity index is 1.61. The van der Waals surface area contributed by atoms with Crippen LogP contribution in [0.15, 0.2) is 99.8 Å². The van der Waals surface area contributed by atoms with E-state index in [-0.39, 0.29) is 28.4 Å². The van der Waals surface area contributed by atoms with E-state index in [9.17, 15) is 34.8 Å². The molecule has 39 heavy (non-hydrogen) atoms. The molecule has 1 saturated heterocycles. The summed E-state index contributed by atoms with van der Waals surface area (Å²) in [5.41, 5.74) is 1.27. The maximum atomic E-state index is 13.4. The Hall–Kier alpha value is -3.59. The predicted octanol–water partition coefficient (Wildman–Crippen LogP) is 2.92. The number of halogens is 3. The lowest BCUT2D eigenvalue weighted by atomic mass is 10.1. The number of carbonyl (C=O) groups is 1. The molecule has 1 atom stereocenters. The smallest absolute Gasteiger partial charge is 0.271 e. The van der Waals surface area contributed by atoms with E-state index in [0.29, 0.717) is 0 Å². The van der Waals surface area contributed by atoms with Gasteiger partial charge in [-0.25, -0.2) is 22.3 Å². The van der Waals surface area contributed by atoms with Gasteiger partial charge in [-0.1, -0.05) is 48.5 Å². The second-order valence-electron chi connectivity index (χ2n) is 8.48. The molecule has 1 amide bonds. The number of hydrogen-bond donors (Lipinski definition) is 1. The third-order valence-electron chi connectivity index (χ3n) is 5.93. The molecule has 0 unspecified atom stereocenters. The Morgan fingerprint density at radius 1 is 0.846 bits per heavy atom. The minimum absolute atomic E-state index is 0.0221. The first-order chi connectivity index (χ1) is 18.4. The number of nitrogens with one attached hydrogen (secondary N) is 1. The highest BCUT2D eigenvalue weighted by atomic mass is 32.2. The van der Waals surface area contributed by atoms with E-state index in [4.69, 9.17) is 0 Å². The summed E-state index contributed by atoms with van der Waals surface area (Å²) in [6.07, 6.45) is -3.60. The summed E-state index contributed by atoms with van der Waals surface area (Å²) in [6, 6.07) is 17.5. The number of rotatable bonds is 7. The number of nitrogens with zero attached hydrogens (tertiary/aromatic N) is 3. The lowest BCUT2D eigenvalue weighted by Crippen LogP contribution is -2.60. The monoisotopic (exact) mass is 580 g/mol. The van der Waals surface area contributed by atoms with E-state index in [2.05, 4.69) is 10.5 Å². The third kappa shape index (κ3) is 6.36. The van der Waals surface area contributed by atoms with Crippen molar-refractivity contribution >= 4 is 32.2 Å². The number of hydrazone groups is 1. The van der Waals surface area contributed by atoms with E-state index in [1.807, 2.05) is 0 Å². The Kier molecular flexibility index (Phi) is 8.20. The quantitative estimate of drug-likeness (QED) is 0.341. The second-order valence-corrected chi connectivity index (χ2v) is 12.3. The van der Waals surface area contributed by atoms with Crippen LogP contribution in [0.5, 0.6) is 0 Å². The van der Waals surface area contributed by atoms with Crippen molar-refractivity contribution in [2.24, 2.45) is 5.10 Å². The van der Waals surface area contributed by atoms with Gasteiger partial charge in [-0.3, -0.25) is 4.79 Å². The highest BCUT2D eigenvalue weighted by Crippen LogP contribution is 2.29. The fourth-order valence-corrected chi connectivity index (χ4v) is 7.02. The minimum Gasteiger partial charge on any atom is -0.271 e. The molecule has 3 aromatic carbocycles. The topological polar surface area (TPSA) is 116 Å². The van der Waals surface area contributed by atoms with Gasteiger partial charge in [0.2, 0.25) is 20.0 Å². The van der Waals surface area contributed by atoms with E-state index in [1.165, 1.54) is 60.7 Å². The van der Waals surface area contributed by atoms with Crippen LogP contribution in [0.4, 0.5) is 13.2 Å². The number of hydrogen-bond acceptors (Lipinski definition) is 6. The average Bonchev–Trinajstić information content (AvgIpc) is 2.93. The average molecular weight is 581 g/mol. The molecule has 0 aromatic heterocycles. The van der Waals surface area contributed by atoms with Crippen molar-refractivity contribution in [3.05, 3.63) is 96.1 Å². The molecular formula is C25H23F3N4O5S2. The molecule has 1 aliphatic heterocycles. The Morgan fingerprint density at radius 3 is 2.03 bits per heavy atom. The molecule has 1 heterocycles. The molecule has 3 aromatic rings. The maximum absolute atomic E-state index is 13.4. The van der Waals surface area contributed by atoms with Gasteiger partial charge in [0.05, 0.1) is 21.6 Å². The van der Waals surface area contributed by atoms with Crippen LogP contribution in [0.25, 0.3) is 0 Å². The number of benzene rings is 3. The maximum Gasteiger partial charge on any atom is 0.416 e. The predicted molar refractivity (Wildman–Crippen MR) is 137 cm³/mol. The Bertz CT molecular complexity index is 1570. The second kappa shape index (κ2) is 11.3. The number of carbonyl (C=O) groups excluding carboxylic acids is 1. The summed E-state index contributed by atoms with van der Waals surface area (Å²) in [7, 11) is -8.27. The molecule has 1 fully saturated rings. The Labute approximate surface area is 223 Å². The van der Waals surface area contributed by atoms with Crippen LogP contribution in [0.3, 0.4) is 0 Å². The molecule has 0 aliphatic carbocycles. The molecule has 0 bridgehead atoms. The van der Waals surface area contributed by atoms with Gasteiger partial charge in [0.25, 0.3) is 5.91 Å². The molecule has 4 rings (SSSR count). The summed E-state index contributed by atoms with van der Waals surface area (Å²) >= 11 is 0. The van der Waals surface area contributed by atoms with E-state index in [1.54, 1.807) is 12.1 Å². The van der Waals surface area contributed by atoms with Crippen LogP contribution in [0.2, 0.25) is 0 Å². The minimum atomic E-state index is -4.57. The summed E-state index contributed by atoms with van der Waals surface area (Å²) in [5, 5.41) is 3.69.